The first kappa shape index (κ1) is 13.9. The molecule has 0 saturated heterocycles. The highest BCUT2D eigenvalue weighted by atomic mass is 35.5. The molecule has 0 aliphatic rings. The average Bonchev–Trinajstić information content (AvgIpc) is 2.28. The summed E-state index contributed by atoms with van der Waals surface area (Å²) in [6.45, 7) is 3.98. The summed E-state index contributed by atoms with van der Waals surface area (Å²) >= 11 is 5.74. The Labute approximate surface area is 105 Å². The number of aliphatic hydroxyl groups excluding tert-OH is 1. The monoisotopic (exact) mass is 261 g/mol. The van der Waals surface area contributed by atoms with Crippen molar-refractivity contribution in [3.8, 4) is 0 Å². The van der Waals surface area contributed by atoms with E-state index in [0.29, 0.717) is 38.2 Å². The Balaban J connectivity index is 2.41. The minimum atomic E-state index is 0.0160. The van der Waals surface area contributed by atoms with Gasteiger partial charge in [0, 0.05) is 13.1 Å². The smallest absolute Gasteiger partial charge is 0.228 e. The normalized spacial score (nSPS) is 10.3. The van der Waals surface area contributed by atoms with E-state index in [1.54, 1.807) is 0 Å². The second-order valence-electron chi connectivity index (χ2n) is 3.04. The van der Waals surface area contributed by atoms with Crippen LogP contribution < -0.4 is 10.6 Å². The van der Waals surface area contributed by atoms with Crippen molar-refractivity contribution in [2.45, 2.75) is 6.92 Å². The Morgan fingerprint density at radius 3 is 2.53 bits per heavy atom. The fourth-order valence-corrected chi connectivity index (χ4v) is 1.23. The van der Waals surface area contributed by atoms with Gasteiger partial charge in [-0.1, -0.05) is 0 Å². The standard InChI is InChI=1S/C9H16ClN5O2/c1-2-11-8-13-7(10)14-9(15-8)12-3-5-17-6-4-16/h16H,2-6H2,1H3,(H2,11,12,13,14,15). The highest BCUT2D eigenvalue weighted by Gasteiger charge is 2.03. The molecule has 8 heteroatoms. The Kier molecular flexibility index (Phi) is 6.53. The molecule has 0 spiro atoms. The predicted octanol–water partition coefficient (Wildman–Crippen LogP) is 0.378. The van der Waals surface area contributed by atoms with Crippen LogP contribution in [0, 0.1) is 0 Å². The lowest BCUT2D eigenvalue weighted by atomic mass is 10.6. The third-order valence-corrected chi connectivity index (χ3v) is 1.88. The summed E-state index contributed by atoms with van der Waals surface area (Å²) in [6.07, 6.45) is 0. The molecular weight excluding hydrogens is 246 g/mol. The molecule has 1 heterocycles. The van der Waals surface area contributed by atoms with Gasteiger partial charge in [-0.15, -0.1) is 0 Å². The molecule has 0 amide bonds. The van der Waals surface area contributed by atoms with E-state index < -0.39 is 0 Å². The van der Waals surface area contributed by atoms with E-state index in [1.807, 2.05) is 6.92 Å². The number of hydrogen-bond acceptors (Lipinski definition) is 7. The molecule has 7 nitrogen and oxygen atoms in total. The molecule has 3 N–H and O–H groups in total. The first-order valence-electron chi connectivity index (χ1n) is 5.34. The van der Waals surface area contributed by atoms with Crippen molar-refractivity contribution >= 4 is 23.5 Å². The zero-order chi connectivity index (χ0) is 12.5. The van der Waals surface area contributed by atoms with Crippen molar-refractivity contribution in [3.05, 3.63) is 5.28 Å². The molecule has 1 rings (SSSR count). The molecule has 1 aromatic rings. The predicted molar refractivity (Wildman–Crippen MR) is 65.4 cm³/mol. The van der Waals surface area contributed by atoms with E-state index in [1.165, 1.54) is 0 Å². The lowest BCUT2D eigenvalue weighted by molar-refractivity contribution is 0.0991. The number of rotatable bonds is 8. The number of nitrogens with one attached hydrogen (secondary N) is 2. The summed E-state index contributed by atoms with van der Waals surface area (Å²) in [5, 5.41) is 14.5. The molecule has 0 radical (unpaired) electrons. The summed E-state index contributed by atoms with van der Waals surface area (Å²) in [5.41, 5.74) is 0. The molecule has 96 valence electrons. The zero-order valence-electron chi connectivity index (χ0n) is 9.61. The van der Waals surface area contributed by atoms with E-state index in [4.69, 9.17) is 21.4 Å². The summed E-state index contributed by atoms with van der Waals surface area (Å²) in [4.78, 5) is 11.9. The van der Waals surface area contributed by atoms with E-state index in [0.717, 1.165) is 0 Å². The second kappa shape index (κ2) is 7.99. The minimum absolute atomic E-state index is 0.0160. The lowest BCUT2D eigenvalue weighted by Gasteiger charge is -2.07. The van der Waals surface area contributed by atoms with Crippen LogP contribution in [0.4, 0.5) is 11.9 Å². The lowest BCUT2D eigenvalue weighted by Crippen LogP contribution is -2.14. The molecule has 0 aliphatic carbocycles. The van der Waals surface area contributed by atoms with Gasteiger partial charge in [0.1, 0.15) is 0 Å². The van der Waals surface area contributed by atoms with Crippen LogP contribution in [0.15, 0.2) is 0 Å². The number of ether oxygens (including phenoxy) is 1. The number of aromatic nitrogens is 3. The molecular formula is C9H16ClN5O2. The van der Waals surface area contributed by atoms with E-state index in [2.05, 4.69) is 25.6 Å². The third kappa shape index (κ3) is 5.62. The maximum Gasteiger partial charge on any atom is 0.228 e. The van der Waals surface area contributed by atoms with Gasteiger partial charge >= 0.3 is 0 Å². The van der Waals surface area contributed by atoms with Crippen molar-refractivity contribution in [2.75, 3.05) is 43.5 Å². The number of hydrogen-bond donors (Lipinski definition) is 3. The molecule has 0 aliphatic heterocycles. The largest absolute Gasteiger partial charge is 0.394 e. The topological polar surface area (TPSA) is 92.2 Å². The van der Waals surface area contributed by atoms with Gasteiger partial charge < -0.3 is 20.5 Å². The fourth-order valence-electron chi connectivity index (χ4n) is 1.07. The quantitative estimate of drug-likeness (QED) is 0.583. The maximum absolute atomic E-state index is 8.51. The molecule has 0 aromatic carbocycles. The van der Waals surface area contributed by atoms with Crippen LogP contribution in [0.5, 0.6) is 0 Å². The molecule has 1 aromatic heterocycles. The third-order valence-electron chi connectivity index (χ3n) is 1.71. The van der Waals surface area contributed by atoms with Crippen LogP contribution in [0.3, 0.4) is 0 Å². The molecule has 0 saturated carbocycles. The van der Waals surface area contributed by atoms with Crippen molar-refractivity contribution in [2.24, 2.45) is 0 Å². The van der Waals surface area contributed by atoms with Crippen LogP contribution in [0.25, 0.3) is 0 Å². The van der Waals surface area contributed by atoms with Gasteiger partial charge in [0.25, 0.3) is 0 Å². The van der Waals surface area contributed by atoms with Crippen LogP contribution >= 0.6 is 11.6 Å². The maximum atomic E-state index is 8.51. The Bertz CT molecular complexity index is 339. The van der Waals surface area contributed by atoms with Crippen molar-refractivity contribution in [1.82, 2.24) is 15.0 Å². The summed E-state index contributed by atoms with van der Waals surface area (Å²) < 4.78 is 5.08. The zero-order valence-corrected chi connectivity index (χ0v) is 10.4. The number of nitrogens with zero attached hydrogens (tertiary/aromatic N) is 3. The minimum Gasteiger partial charge on any atom is -0.394 e. The van der Waals surface area contributed by atoms with Gasteiger partial charge in [0.05, 0.1) is 19.8 Å². The van der Waals surface area contributed by atoms with Gasteiger partial charge in [-0.05, 0) is 18.5 Å². The second-order valence-corrected chi connectivity index (χ2v) is 3.38. The molecule has 0 unspecified atom stereocenters. The van der Waals surface area contributed by atoms with Gasteiger partial charge in [-0.25, -0.2) is 0 Å². The highest BCUT2D eigenvalue weighted by molar-refractivity contribution is 6.28. The highest BCUT2D eigenvalue weighted by Crippen LogP contribution is 2.08. The first-order valence-corrected chi connectivity index (χ1v) is 5.72. The molecule has 0 fully saturated rings. The van der Waals surface area contributed by atoms with Crippen LogP contribution in [-0.4, -0.2) is 53.0 Å². The Morgan fingerprint density at radius 2 is 1.88 bits per heavy atom. The fraction of sp³-hybridized carbons (Fsp3) is 0.667. The summed E-state index contributed by atoms with van der Waals surface area (Å²) in [5.74, 6) is 0.833. The average molecular weight is 262 g/mol. The number of aliphatic hydroxyl groups is 1. The van der Waals surface area contributed by atoms with Crippen molar-refractivity contribution in [1.29, 1.82) is 0 Å². The van der Waals surface area contributed by atoms with Gasteiger partial charge in [0.2, 0.25) is 17.2 Å². The first-order chi connectivity index (χ1) is 8.26. The molecule has 0 bridgehead atoms. The van der Waals surface area contributed by atoms with Gasteiger partial charge in [-0.2, -0.15) is 15.0 Å². The number of halogens is 1. The van der Waals surface area contributed by atoms with E-state index in [9.17, 15) is 0 Å². The van der Waals surface area contributed by atoms with Gasteiger partial charge in [-0.3, -0.25) is 0 Å². The van der Waals surface area contributed by atoms with Gasteiger partial charge in [0.15, 0.2) is 0 Å². The number of anilines is 2. The molecule has 0 atom stereocenters. The van der Waals surface area contributed by atoms with Crippen molar-refractivity contribution < 1.29 is 9.84 Å². The van der Waals surface area contributed by atoms with Crippen LogP contribution in [-0.2, 0) is 4.74 Å². The van der Waals surface area contributed by atoms with E-state index >= 15 is 0 Å². The Hall–Kier alpha value is -1.18. The van der Waals surface area contributed by atoms with Crippen molar-refractivity contribution in [3.63, 3.8) is 0 Å². The summed E-state index contributed by atoms with van der Waals surface area (Å²) in [6, 6.07) is 0. The molecule has 17 heavy (non-hydrogen) atoms. The SMILES string of the molecule is CCNc1nc(Cl)nc(NCCOCCO)n1. The van der Waals surface area contributed by atoms with Crippen LogP contribution in [0.2, 0.25) is 5.28 Å². The van der Waals surface area contributed by atoms with Crippen LogP contribution in [0.1, 0.15) is 6.92 Å². The summed E-state index contributed by atoms with van der Waals surface area (Å²) in [7, 11) is 0. The Morgan fingerprint density at radius 1 is 1.18 bits per heavy atom. The van der Waals surface area contributed by atoms with E-state index in [-0.39, 0.29) is 11.9 Å².